The van der Waals surface area contributed by atoms with Gasteiger partial charge in [-0.1, -0.05) is 23.2 Å². The zero-order valence-electron chi connectivity index (χ0n) is 10.8. The number of ether oxygens (including phenoxy) is 2. The van der Waals surface area contributed by atoms with Crippen molar-refractivity contribution in [3.8, 4) is 5.75 Å². The van der Waals surface area contributed by atoms with Crippen LogP contribution in [0, 0.1) is 5.92 Å². The summed E-state index contributed by atoms with van der Waals surface area (Å²) in [7, 11) is 0. The third-order valence-corrected chi connectivity index (χ3v) is 4.61. The van der Waals surface area contributed by atoms with E-state index in [-0.39, 0.29) is 18.6 Å². The molecule has 1 heterocycles. The lowest BCUT2D eigenvalue weighted by molar-refractivity contribution is -0.126. The molecule has 6 heteroatoms. The first kappa shape index (κ1) is 14.0. The largest absolute Gasteiger partial charge is 0.484 e. The summed E-state index contributed by atoms with van der Waals surface area (Å²) >= 11 is 11.7. The van der Waals surface area contributed by atoms with Gasteiger partial charge in [0.15, 0.2) is 6.61 Å². The first-order valence-corrected chi connectivity index (χ1v) is 7.38. The van der Waals surface area contributed by atoms with E-state index in [0.29, 0.717) is 27.8 Å². The Kier molecular flexibility index (Phi) is 4.06. The van der Waals surface area contributed by atoms with Crippen LogP contribution in [0.2, 0.25) is 10.0 Å². The molecule has 1 N–H and O–H groups in total. The summed E-state index contributed by atoms with van der Waals surface area (Å²) in [4.78, 5) is 11.8. The maximum Gasteiger partial charge on any atom is 0.258 e. The monoisotopic (exact) mass is 315 g/mol. The summed E-state index contributed by atoms with van der Waals surface area (Å²) in [5.74, 6) is 0.889. The van der Waals surface area contributed by atoms with Gasteiger partial charge in [-0.2, -0.15) is 0 Å². The molecule has 1 aromatic carbocycles. The highest BCUT2D eigenvalue weighted by Gasteiger charge is 2.45. The zero-order chi connectivity index (χ0) is 14.1. The van der Waals surface area contributed by atoms with E-state index in [2.05, 4.69) is 5.32 Å². The number of hydrogen-bond acceptors (Lipinski definition) is 3. The fourth-order valence-electron chi connectivity index (χ4n) is 2.73. The molecule has 0 unspecified atom stereocenters. The van der Waals surface area contributed by atoms with Crippen LogP contribution in [0.25, 0.3) is 0 Å². The summed E-state index contributed by atoms with van der Waals surface area (Å²) in [6.45, 7) is 0.786. The van der Waals surface area contributed by atoms with Crippen LogP contribution in [-0.4, -0.2) is 31.3 Å². The summed E-state index contributed by atoms with van der Waals surface area (Å²) in [6.07, 6.45) is 2.28. The molecule has 20 heavy (non-hydrogen) atoms. The molecule has 2 aliphatic rings. The fraction of sp³-hybridized carbons (Fsp3) is 0.500. The minimum atomic E-state index is -0.119. The number of fused-ring (bicyclic) bond motifs is 1. The summed E-state index contributed by atoms with van der Waals surface area (Å²) in [5, 5.41) is 3.86. The Balaban J connectivity index is 1.46. The van der Waals surface area contributed by atoms with Crippen molar-refractivity contribution in [3.05, 3.63) is 28.2 Å². The van der Waals surface area contributed by atoms with Crippen LogP contribution in [0.3, 0.4) is 0 Å². The molecule has 3 rings (SSSR count). The van der Waals surface area contributed by atoms with Crippen molar-refractivity contribution < 1.29 is 14.3 Å². The molecular formula is C14H15Cl2NO3. The number of carbonyl (C=O) groups excluding carboxylic acids is 1. The quantitative estimate of drug-likeness (QED) is 0.929. The number of benzene rings is 1. The summed E-state index contributed by atoms with van der Waals surface area (Å²) in [6, 6.07) is 5.16. The molecule has 1 amide bonds. The molecule has 0 bridgehead atoms. The van der Waals surface area contributed by atoms with E-state index in [1.54, 1.807) is 18.2 Å². The van der Waals surface area contributed by atoms with Gasteiger partial charge in [-0.05, 0) is 25.0 Å². The minimum Gasteiger partial charge on any atom is -0.484 e. The van der Waals surface area contributed by atoms with Crippen LogP contribution in [0.1, 0.15) is 12.8 Å². The van der Waals surface area contributed by atoms with Crippen LogP contribution in [0.15, 0.2) is 18.2 Å². The molecule has 1 saturated heterocycles. The normalized spacial score (nSPS) is 27.6. The van der Waals surface area contributed by atoms with E-state index in [9.17, 15) is 4.79 Å². The molecule has 1 aliphatic heterocycles. The predicted molar refractivity (Wildman–Crippen MR) is 76.4 cm³/mol. The first-order valence-electron chi connectivity index (χ1n) is 6.62. The van der Waals surface area contributed by atoms with Crippen LogP contribution in [-0.2, 0) is 9.53 Å². The highest BCUT2D eigenvalue weighted by atomic mass is 35.5. The lowest BCUT2D eigenvalue weighted by Crippen LogP contribution is -2.54. The van der Waals surface area contributed by atoms with Crippen LogP contribution in [0.4, 0.5) is 0 Å². The third kappa shape index (κ3) is 2.87. The summed E-state index contributed by atoms with van der Waals surface area (Å²) < 4.78 is 10.9. The minimum absolute atomic E-state index is 0.0211. The highest BCUT2D eigenvalue weighted by Crippen LogP contribution is 2.38. The molecule has 0 radical (unpaired) electrons. The SMILES string of the molecule is O=C(COc1ccc(Cl)c(Cl)c1)N[C@@H]1C[C@H]2OCC[C@@H]12. The number of carbonyl (C=O) groups is 1. The predicted octanol–water partition coefficient (Wildman–Crippen LogP) is 2.67. The highest BCUT2D eigenvalue weighted by molar-refractivity contribution is 6.42. The molecular weight excluding hydrogens is 301 g/mol. The number of amides is 1. The van der Waals surface area contributed by atoms with Gasteiger partial charge in [-0.15, -0.1) is 0 Å². The average molecular weight is 316 g/mol. The van der Waals surface area contributed by atoms with Crippen molar-refractivity contribution in [1.82, 2.24) is 5.32 Å². The van der Waals surface area contributed by atoms with Crippen molar-refractivity contribution in [2.75, 3.05) is 13.2 Å². The number of hydrogen-bond donors (Lipinski definition) is 1. The fourth-order valence-corrected chi connectivity index (χ4v) is 3.02. The van der Waals surface area contributed by atoms with Gasteiger partial charge in [0, 0.05) is 24.6 Å². The van der Waals surface area contributed by atoms with E-state index in [1.165, 1.54) is 0 Å². The van der Waals surface area contributed by atoms with Crippen LogP contribution >= 0.6 is 23.2 Å². The van der Waals surface area contributed by atoms with Gasteiger partial charge in [0.25, 0.3) is 5.91 Å². The van der Waals surface area contributed by atoms with E-state index in [1.807, 2.05) is 0 Å². The standard InChI is InChI=1S/C14H15Cl2NO3/c15-10-2-1-8(5-11(10)16)20-7-14(18)17-12-6-13-9(12)3-4-19-13/h1-2,5,9,12-13H,3-4,6-7H2,(H,17,18)/t9-,12+,13+/m0/s1. The molecule has 2 fully saturated rings. The summed E-state index contributed by atoms with van der Waals surface area (Å²) in [5.41, 5.74) is 0. The van der Waals surface area contributed by atoms with Gasteiger partial charge in [0.05, 0.1) is 16.1 Å². The van der Waals surface area contributed by atoms with E-state index < -0.39 is 0 Å². The Labute approximate surface area is 127 Å². The molecule has 1 saturated carbocycles. The van der Waals surface area contributed by atoms with Gasteiger partial charge in [0.1, 0.15) is 5.75 Å². The van der Waals surface area contributed by atoms with Crippen LogP contribution in [0.5, 0.6) is 5.75 Å². The van der Waals surface area contributed by atoms with Crippen molar-refractivity contribution in [1.29, 1.82) is 0 Å². The molecule has 0 spiro atoms. The molecule has 1 aliphatic carbocycles. The first-order chi connectivity index (χ1) is 9.63. The Morgan fingerprint density at radius 3 is 3.00 bits per heavy atom. The zero-order valence-corrected chi connectivity index (χ0v) is 12.3. The van der Waals surface area contributed by atoms with Gasteiger partial charge in [0.2, 0.25) is 0 Å². The maximum absolute atomic E-state index is 11.8. The molecule has 3 atom stereocenters. The lowest BCUT2D eigenvalue weighted by Gasteiger charge is -2.39. The molecule has 0 aromatic heterocycles. The molecule has 108 valence electrons. The smallest absolute Gasteiger partial charge is 0.258 e. The lowest BCUT2D eigenvalue weighted by atomic mass is 9.76. The van der Waals surface area contributed by atoms with E-state index in [0.717, 1.165) is 19.4 Å². The Hall–Kier alpha value is -0.970. The Bertz CT molecular complexity index is 523. The average Bonchev–Trinajstić information content (AvgIpc) is 2.79. The second kappa shape index (κ2) is 5.80. The van der Waals surface area contributed by atoms with E-state index >= 15 is 0 Å². The topological polar surface area (TPSA) is 47.6 Å². The molecule has 1 aromatic rings. The second-order valence-electron chi connectivity index (χ2n) is 5.14. The van der Waals surface area contributed by atoms with Gasteiger partial charge in [-0.3, -0.25) is 4.79 Å². The number of nitrogens with one attached hydrogen (secondary N) is 1. The number of halogens is 2. The van der Waals surface area contributed by atoms with Crippen molar-refractivity contribution in [3.63, 3.8) is 0 Å². The van der Waals surface area contributed by atoms with Gasteiger partial charge >= 0.3 is 0 Å². The van der Waals surface area contributed by atoms with Crippen LogP contribution < -0.4 is 10.1 Å². The Morgan fingerprint density at radius 2 is 2.25 bits per heavy atom. The third-order valence-electron chi connectivity index (χ3n) is 3.87. The van der Waals surface area contributed by atoms with Crippen molar-refractivity contribution in [2.24, 2.45) is 5.92 Å². The van der Waals surface area contributed by atoms with Gasteiger partial charge < -0.3 is 14.8 Å². The molecule has 4 nitrogen and oxygen atoms in total. The van der Waals surface area contributed by atoms with Crippen molar-refractivity contribution >= 4 is 29.1 Å². The Morgan fingerprint density at radius 1 is 1.40 bits per heavy atom. The maximum atomic E-state index is 11.8. The second-order valence-corrected chi connectivity index (χ2v) is 5.95. The van der Waals surface area contributed by atoms with Crippen molar-refractivity contribution in [2.45, 2.75) is 25.0 Å². The van der Waals surface area contributed by atoms with E-state index in [4.69, 9.17) is 32.7 Å². The number of rotatable bonds is 4. The van der Waals surface area contributed by atoms with Gasteiger partial charge in [-0.25, -0.2) is 0 Å².